The molecular weight excluding hydrogens is 410 g/mol. The molecule has 0 radical (unpaired) electrons. The van der Waals surface area contributed by atoms with E-state index in [9.17, 15) is 14.9 Å². The van der Waals surface area contributed by atoms with Crippen molar-refractivity contribution in [2.24, 2.45) is 0 Å². The summed E-state index contributed by atoms with van der Waals surface area (Å²) >= 11 is 1.65. The summed E-state index contributed by atoms with van der Waals surface area (Å²) in [5, 5.41) is 11.9. The molecule has 0 fully saturated rings. The van der Waals surface area contributed by atoms with Gasteiger partial charge in [-0.25, -0.2) is 4.98 Å². The maximum atomic E-state index is 13.7. The summed E-state index contributed by atoms with van der Waals surface area (Å²) in [4.78, 5) is 31.5. The highest BCUT2D eigenvalue weighted by Crippen LogP contribution is 2.34. The van der Waals surface area contributed by atoms with E-state index in [1.807, 2.05) is 36.4 Å². The van der Waals surface area contributed by atoms with E-state index in [1.165, 1.54) is 17.0 Å². The van der Waals surface area contributed by atoms with Crippen molar-refractivity contribution in [3.63, 3.8) is 0 Å². The lowest BCUT2D eigenvalue weighted by Crippen LogP contribution is -2.26. The Morgan fingerprint density at radius 3 is 2.61 bits per heavy atom. The standard InChI is InChI=1S/C24H21N3O3S/c28-24-22-19-11-4-5-12-20(19)31-23(22)25-21(14-16-7-2-1-3-8-16)26(24)15-17-9-6-10-18(13-17)27(29)30/h1-3,6-10,13H,4-5,11-12,14-15H2. The monoisotopic (exact) mass is 431 g/mol. The summed E-state index contributed by atoms with van der Waals surface area (Å²) in [6, 6.07) is 16.4. The molecule has 5 rings (SSSR count). The molecule has 0 saturated carbocycles. The smallest absolute Gasteiger partial charge is 0.269 e. The van der Waals surface area contributed by atoms with E-state index < -0.39 is 4.92 Å². The van der Waals surface area contributed by atoms with Crippen LogP contribution in [0.2, 0.25) is 0 Å². The second-order valence-corrected chi connectivity index (χ2v) is 8.98. The molecule has 2 aromatic heterocycles. The summed E-state index contributed by atoms with van der Waals surface area (Å²) in [7, 11) is 0. The number of nitro groups is 1. The van der Waals surface area contributed by atoms with Crippen LogP contribution in [-0.2, 0) is 25.8 Å². The molecule has 4 aromatic rings. The van der Waals surface area contributed by atoms with Crippen LogP contribution in [0.15, 0.2) is 59.4 Å². The van der Waals surface area contributed by atoms with Crippen LogP contribution in [0, 0.1) is 10.1 Å². The van der Waals surface area contributed by atoms with Gasteiger partial charge in [-0.1, -0.05) is 42.5 Å². The summed E-state index contributed by atoms with van der Waals surface area (Å²) in [5.41, 5.74) is 2.93. The van der Waals surface area contributed by atoms with Crippen molar-refractivity contribution in [2.75, 3.05) is 0 Å². The number of rotatable bonds is 5. The van der Waals surface area contributed by atoms with Crippen LogP contribution in [0.3, 0.4) is 0 Å². The van der Waals surface area contributed by atoms with Crippen LogP contribution in [0.25, 0.3) is 10.2 Å². The van der Waals surface area contributed by atoms with Gasteiger partial charge in [0.05, 0.1) is 16.9 Å². The lowest BCUT2D eigenvalue weighted by molar-refractivity contribution is -0.384. The van der Waals surface area contributed by atoms with Gasteiger partial charge >= 0.3 is 0 Å². The molecule has 0 unspecified atom stereocenters. The van der Waals surface area contributed by atoms with Crippen molar-refractivity contribution in [1.82, 2.24) is 9.55 Å². The van der Waals surface area contributed by atoms with E-state index in [4.69, 9.17) is 4.98 Å². The largest absolute Gasteiger partial charge is 0.291 e. The number of nitrogens with zero attached hydrogens (tertiary/aromatic N) is 3. The zero-order chi connectivity index (χ0) is 21.4. The molecule has 0 amide bonds. The number of nitro benzene ring substituents is 1. The van der Waals surface area contributed by atoms with Gasteiger partial charge in [-0.05, 0) is 42.4 Å². The quantitative estimate of drug-likeness (QED) is 0.333. The van der Waals surface area contributed by atoms with Crippen molar-refractivity contribution < 1.29 is 4.92 Å². The highest BCUT2D eigenvalue weighted by molar-refractivity contribution is 7.18. The Hall–Kier alpha value is -3.32. The molecule has 2 heterocycles. The Bertz CT molecular complexity index is 1340. The Kier molecular flexibility index (Phi) is 5.11. The first-order valence-corrected chi connectivity index (χ1v) is 11.2. The van der Waals surface area contributed by atoms with E-state index >= 15 is 0 Å². The van der Waals surface area contributed by atoms with Crippen LogP contribution < -0.4 is 5.56 Å². The van der Waals surface area contributed by atoms with Crippen molar-refractivity contribution in [3.05, 3.63) is 102 Å². The molecule has 0 bridgehead atoms. The maximum absolute atomic E-state index is 13.7. The Morgan fingerprint density at radius 1 is 1.03 bits per heavy atom. The molecule has 0 atom stereocenters. The molecule has 0 saturated heterocycles. The number of hydrogen-bond donors (Lipinski definition) is 0. The third-order valence-electron chi connectivity index (χ3n) is 5.82. The Balaban J connectivity index is 1.67. The van der Waals surface area contributed by atoms with Gasteiger partial charge in [0.25, 0.3) is 11.2 Å². The normalized spacial score (nSPS) is 13.3. The second-order valence-electron chi connectivity index (χ2n) is 7.90. The highest BCUT2D eigenvalue weighted by atomic mass is 32.1. The minimum atomic E-state index is -0.409. The molecule has 0 aliphatic heterocycles. The molecular formula is C24H21N3O3S. The van der Waals surface area contributed by atoms with Gasteiger partial charge in [0.15, 0.2) is 0 Å². The topological polar surface area (TPSA) is 78.0 Å². The predicted molar refractivity (Wildman–Crippen MR) is 122 cm³/mol. The fourth-order valence-electron chi connectivity index (χ4n) is 4.31. The number of hydrogen-bond acceptors (Lipinski definition) is 5. The van der Waals surface area contributed by atoms with Crippen LogP contribution in [0.5, 0.6) is 0 Å². The molecule has 0 spiro atoms. The average molecular weight is 432 g/mol. The Morgan fingerprint density at radius 2 is 1.81 bits per heavy atom. The van der Waals surface area contributed by atoms with Crippen LogP contribution in [-0.4, -0.2) is 14.5 Å². The first kappa shape index (κ1) is 19.6. The lowest BCUT2D eigenvalue weighted by atomic mass is 9.97. The third kappa shape index (κ3) is 3.77. The fraction of sp³-hybridized carbons (Fsp3) is 0.250. The van der Waals surface area contributed by atoms with Gasteiger partial charge in [-0.3, -0.25) is 19.5 Å². The van der Waals surface area contributed by atoms with E-state index in [1.54, 1.807) is 22.0 Å². The highest BCUT2D eigenvalue weighted by Gasteiger charge is 2.22. The SMILES string of the molecule is O=c1c2c3c(sc2nc(Cc2ccccc2)n1Cc1cccc([N+](=O)[O-])c1)CCCC3. The van der Waals surface area contributed by atoms with Crippen LogP contribution in [0.4, 0.5) is 5.69 Å². The molecule has 31 heavy (non-hydrogen) atoms. The van der Waals surface area contributed by atoms with Gasteiger partial charge in [0, 0.05) is 23.4 Å². The first-order valence-electron chi connectivity index (χ1n) is 10.4. The van der Waals surface area contributed by atoms with Crippen LogP contribution in [0.1, 0.15) is 40.2 Å². The molecule has 6 nitrogen and oxygen atoms in total. The fourth-order valence-corrected chi connectivity index (χ4v) is 5.58. The average Bonchev–Trinajstić information content (AvgIpc) is 3.16. The third-order valence-corrected chi connectivity index (χ3v) is 7.01. The molecule has 7 heteroatoms. The zero-order valence-electron chi connectivity index (χ0n) is 16.9. The molecule has 156 valence electrons. The molecule has 1 aliphatic rings. The van der Waals surface area contributed by atoms with E-state index in [0.29, 0.717) is 12.2 Å². The predicted octanol–water partition coefficient (Wildman–Crippen LogP) is 4.88. The Labute approximate surface area is 183 Å². The molecule has 1 aliphatic carbocycles. The van der Waals surface area contributed by atoms with Crippen molar-refractivity contribution in [3.8, 4) is 0 Å². The van der Waals surface area contributed by atoms with Gasteiger partial charge in [-0.2, -0.15) is 0 Å². The van der Waals surface area contributed by atoms with Gasteiger partial charge in [0.1, 0.15) is 10.7 Å². The van der Waals surface area contributed by atoms with Gasteiger partial charge in [-0.15, -0.1) is 11.3 Å². The minimum absolute atomic E-state index is 0.0251. The molecule has 2 aromatic carbocycles. The number of aryl methyl sites for hydroxylation is 2. The zero-order valence-corrected chi connectivity index (χ0v) is 17.7. The number of benzene rings is 2. The number of thiophene rings is 1. The second kappa shape index (κ2) is 8.07. The first-order chi connectivity index (χ1) is 15.1. The van der Waals surface area contributed by atoms with E-state index in [-0.39, 0.29) is 17.8 Å². The number of fused-ring (bicyclic) bond motifs is 3. The van der Waals surface area contributed by atoms with Gasteiger partial charge < -0.3 is 0 Å². The number of aromatic nitrogens is 2. The van der Waals surface area contributed by atoms with E-state index in [2.05, 4.69) is 0 Å². The van der Waals surface area contributed by atoms with Crippen molar-refractivity contribution >= 4 is 27.2 Å². The summed E-state index contributed by atoms with van der Waals surface area (Å²) in [6.07, 6.45) is 4.70. The number of non-ortho nitro benzene ring substituents is 1. The van der Waals surface area contributed by atoms with Crippen molar-refractivity contribution in [2.45, 2.75) is 38.6 Å². The maximum Gasteiger partial charge on any atom is 0.269 e. The summed E-state index contributed by atoms with van der Waals surface area (Å²) in [5.74, 6) is 0.689. The minimum Gasteiger partial charge on any atom is -0.291 e. The molecule has 0 N–H and O–H groups in total. The summed E-state index contributed by atoms with van der Waals surface area (Å²) in [6.45, 7) is 0.260. The van der Waals surface area contributed by atoms with Gasteiger partial charge in [0.2, 0.25) is 0 Å². The van der Waals surface area contributed by atoms with Crippen LogP contribution >= 0.6 is 11.3 Å². The summed E-state index contributed by atoms with van der Waals surface area (Å²) < 4.78 is 1.70. The van der Waals surface area contributed by atoms with E-state index in [0.717, 1.165) is 52.6 Å². The lowest BCUT2D eigenvalue weighted by Gasteiger charge is -2.14. The van der Waals surface area contributed by atoms with Crippen molar-refractivity contribution in [1.29, 1.82) is 0 Å².